The molecule has 2 aliphatic carbocycles. The Kier molecular flexibility index (Phi) is 5.52. The quantitative estimate of drug-likeness (QED) is 0.614. The number of ether oxygens (including phenoxy) is 1. The summed E-state index contributed by atoms with van der Waals surface area (Å²) in [6.45, 7) is 13.3. The van der Waals surface area contributed by atoms with Crippen LogP contribution in [0.1, 0.15) is 93.6 Å². The van der Waals surface area contributed by atoms with Crippen LogP contribution in [-0.2, 0) is 4.79 Å². The molecule has 0 saturated heterocycles. The molecule has 2 saturated carbocycles. The Morgan fingerprint density at radius 1 is 1.19 bits per heavy atom. The van der Waals surface area contributed by atoms with Crippen molar-refractivity contribution in [2.24, 2.45) is 22.7 Å². The molecule has 4 nitrogen and oxygen atoms in total. The van der Waals surface area contributed by atoms with Crippen molar-refractivity contribution >= 4 is 23.5 Å². The summed E-state index contributed by atoms with van der Waals surface area (Å²) in [7, 11) is 0. The summed E-state index contributed by atoms with van der Waals surface area (Å²) in [4.78, 5) is 25.7. The van der Waals surface area contributed by atoms with Crippen LogP contribution in [0.25, 0.3) is 0 Å². The summed E-state index contributed by atoms with van der Waals surface area (Å²) in [6.07, 6.45) is 6.46. The maximum Gasteiger partial charge on any atom is 0.252 e. The molecule has 1 aromatic rings. The van der Waals surface area contributed by atoms with Gasteiger partial charge >= 0.3 is 0 Å². The van der Waals surface area contributed by atoms with Gasteiger partial charge in [-0.15, -0.1) is 11.8 Å². The van der Waals surface area contributed by atoms with E-state index in [1.165, 1.54) is 0 Å². The number of thioether (sulfide) groups is 1. The van der Waals surface area contributed by atoms with Gasteiger partial charge in [0.05, 0.1) is 0 Å². The number of hydrogen-bond donors (Lipinski definition) is 1. The number of ketones is 1. The van der Waals surface area contributed by atoms with Gasteiger partial charge in [-0.25, -0.2) is 0 Å². The molecule has 4 rings (SSSR count). The molecule has 5 atom stereocenters. The van der Waals surface area contributed by atoms with E-state index in [0.29, 0.717) is 18.1 Å². The Morgan fingerprint density at radius 2 is 1.90 bits per heavy atom. The molecule has 2 fully saturated rings. The van der Waals surface area contributed by atoms with Crippen LogP contribution >= 0.6 is 11.8 Å². The largest absolute Gasteiger partial charge is 0.486 e. The van der Waals surface area contributed by atoms with E-state index in [-0.39, 0.29) is 22.6 Å². The van der Waals surface area contributed by atoms with Gasteiger partial charge in [-0.2, -0.15) is 0 Å². The molecule has 1 N–H and O–H groups in total. The van der Waals surface area contributed by atoms with Crippen LogP contribution in [0.3, 0.4) is 0 Å². The number of carbonyl (C=O) groups is 2. The Balaban J connectivity index is 1.91. The lowest BCUT2D eigenvalue weighted by molar-refractivity contribution is -0.202. The van der Waals surface area contributed by atoms with E-state index in [1.807, 2.05) is 19.2 Å². The van der Waals surface area contributed by atoms with Crippen LogP contribution in [0.15, 0.2) is 12.1 Å². The fourth-order valence-electron chi connectivity index (χ4n) is 6.84. The van der Waals surface area contributed by atoms with Gasteiger partial charge in [-0.05, 0) is 62.5 Å². The van der Waals surface area contributed by atoms with Crippen LogP contribution in [0.2, 0.25) is 0 Å². The molecule has 31 heavy (non-hydrogen) atoms. The number of Topliss-reactive ketones (excluding diaryl/α,β-unsaturated/α-hetero) is 1. The molecule has 1 aliphatic heterocycles. The molecule has 1 heterocycles. The predicted molar refractivity (Wildman–Crippen MR) is 127 cm³/mol. The number of nitrogens with one attached hydrogen (secondary N) is 1. The fourth-order valence-corrected chi connectivity index (χ4v) is 7.54. The van der Waals surface area contributed by atoms with Crippen LogP contribution in [-0.4, -0.2) is 23.5 Å². The predicted octanol–water partition coefficient (Wildman–Crippen LogP) is 6.07. The zero-order chi connectivity index (χ0) is 22.8. The lowest BCUT2D eigenvalue weighted by Crippen LogP contribution is -2.67. The minimum Gasteiger partial charge on any atom is -0.486 e. The molecule has 0 spiro atoms. The summed E-state index contributed by atoms with van der Waals surface area (Å²) in [5.74, 6) is 1.84. The van der Waals surface area contributed by atoms with E-state index >= 15 is 0 Å². The second-order valence-corrected chi connectivity index (χ2v) is 11.7. The SMILES string of the molecule is CCC1(C)C(C)CCC2C(C)(C)C(=O)CCC21Oc1cc(C)cc2c1C(SC)NC2=O. The third-order valence-corrected chi connectivity index (χ3v) is 9.96. The lowest BCUT2D eigenvalue weighted by Gasteiger charge is -2.63. The van der Waals surface area contributed by atoms with E-state index < -0.39 is 11.0 Å². The van der Waals surface area contributed by atoms with Gasteiger partial charge in [0.1, 0.15) is 22.5 Å². The molecule has 170 valence electrons. The van der Waals surface area contributed by atoms with Gasteiger partial charge in [0.25, 0.3) is 5.91 Å². The van der Waals surface area contributed by atoms with Crippen LogP contribution in [0.4, 0.5) is 0 Å². The Labute approximate surface area is 191 Å². The summed E-state index contributed by atoms with van der Waals surface area (Å²) in [6, 6.07) is 4.08. The number of amides is 1. The summed E-state index contributed by atoms with van der Waals surface area (Å²) in [5, 5.41) is 3.00. The second kappa shape index (κ2) is 7.54. The molecule has 1 amide bonds. The molecular weight excluding hydrogens is 406 g/mol. The topological polar surface area (TPSA) is 55.4 Å². The van der Waals surface area contributed by atoms with Crippen molar-refractivity contribution < 1.29 is 14.3 Å². The molecule has 3 aliphatic rings. The molecule has 0 bridgehead atoms. The first-order valence-corrected chi connectivity index (χ1v) is 13.0. The maximum absolute atomic E-state index is 13.0. The molecule has 0 aromatic heterocycles. The highest BCUT2D eigenvalue weighted by molar-refractivity contribution is 7.98. The van der Waals surface area contributed by atoms with Crippen molar-refractivity contribution in [2.45, 2.75) is 84.6 Å². The van der Waals surface area contributed by atoms with E-state index in [4.69, 9.17) is 4.74 Å². The van der Waals surface area contributed by atoms with Crippen molar-refractivity contribution in [3.05, 3.63) is 28.8 Å². The first-order chi connectivity index (χ1) is 14.5. The molecule has 1 aromatic carbocycles. The number of hydrogen-bond acceptors (Lipinski definition) is 4. The van der Waals surface area contributed by atoms with Crippen LogP contribution < -0.4 is 10.1 Å². The number of aryl methyl sites for hydroxylation is 1. The van der Waals surface area contributed by atoms with E-state index in [1.54, 1.807) is 11.8 Å². The summed E-state index contributed by atoms with van der Waals surface area (Å²) >= 11 is 1.63. The number of fused-ring (bicyclic) bond motifs is 2. The van der Waals surface area contributed by atoms with Crippen molar-refractivity contribution in [1.29, 1.82) is 0 Å². The number of benzene rings is 1. The normalized spacial score (nSPS) is 36.5. The van der Waals surface area contributed by atoms with Gasteiger partial charge < -0.3 is 10.1 Å². The van der Waals surface area contributed by atoms with E-state index in [9.17, 15) is 9.59 Å². The van der Waals surface area contributed by atoms with Crippen molar-refractivity contribution in [3.63, 3.8) is 0 Å². The van der Waals surface area contributed by atoms with E-state index in [0.717, 1.165) is 48.1 Å². The Morgan fingerprint density at radius 3 is 2.55 bits per heavy atom. The van der Waals surface area contributed by atoms with Crippen molar-refractivity contribution in [3.8, 4) is 5.75 Å². The van der Waals surface area contributed by atoms with Crippen LogP contribution in [0.5, 0.6) is 5.75 Å². The van der Waals surface area contributed by atoms with Gasteiger partial charge in [-0.1, -0.05) is 34.6 Å². The van der Waals surface area contributed by atoms with E-state index in [2.05, 4.69) is 46.0 Å². The van der Waals surface area contributed by atoms with Gasteiger partial charge in [0, 0.05) is 34.3 Å². The first kappa shape index (κ1) is 22.7. The molecule has 0 radical (unpaired) electrons. The Bertz CT molecular complexity index is 925. The average molecular weight is 444 g/mol. The lowest BCUT2D eigenvalue weighted by atomic mass is 9.45. The number of carbonyl (C=O) groups excluding carboxylic acids is 2. The fraction of sp³-hybridized carbons (Fsp3) is 0.692. The highest BCUT2D eigenvalue weighted by atomic mass is 32.2. The molecule has 5 heteroatoms. The monoisotopic (exact) mass is 443 g/mol. The summed E-state index contributed by atoms with van der Waals surface area (Å²) in [5.41, 5.74) is 1.86. The average Bonchev–Trinajstić information content (AvgIpc) is 3.04. The van der Waals surface area contributed by atoms with Crippen molar-refractivity contribution in [2.75, 3.05) is 6.26 Å². The third-order valence-electron chi connectivity index (χ3n) is 9.14. The minimum atomic E-state index is -0.424. The first-order valence-electron chi connectivity index (χ1n) is 11.7. The highest BCUT2D eigenvalue weighted by Crippen LogP contribution is 2.63. The number of rotatable bonds is 4. The second-order valence-electron chi connectivity index (χ2n) is 10.8. The highest BCUT2D eigenvalue weighted by Gasteiger charge is 2.65. The van der Waals surface area contributed by atoms with Crippen molar-refractivity contribution in [1.82, 2.24) is 5.32 Å². The van der Waals surface area contributed by atoms with Crippen LogP contribution in [0, 0.1) is 29.6 Å². The smallest absolute Gasteiger partial charge is 0.252 e. The van der Waals surface area contributed by atoms with Gasteiger partial charge in [0.15, 0.2) is 0 Å². The Hall–Kier alpha value is -1.49. The summed E-state index contributed by atoms with van der Waals surface area (Å²) < 4.78 is 7.25. The molecular formula is C26H37NO3S. The van der Waals surface area contributed by atoms with Gasteiger partial charge in [-0.3, -0.25) is 9.59 Å². The third kappa shape index (κ3) is 3.09. The zero-order valence-electron chi connectivity index (χ0n) is 20.1. The zero-order valence-corrected chi connectivity index (χ0v) is 20.9. The minimum absolute atomic E-state index is 0.0219. The maximum atomic E-state index is 13.0. The van der Waals surface area contributed by atoms with Gasteiger partial charge in [0.2, 0.25) is 0 Å². The molecule has 5 unspecified atom stereocenters. The standard InChI is InChI=1S/C26H37NO3S/c1-8-25(6)16(3)9-10-19-24(4,5)20(28)11-12-26(19,25)30-18-14-15(2)13-17-21(18)23(31-7)27-22(17)29/h13-14,16,19,23H,8-12H2,1-7H3,(H,27,29).